The van der Waals surface area contributed by atoms with E-state index in [0.29, 0.717) is 0 Å². The fourth-order valence-corrected chi connectivity index (χ4v) is 3.08. The Labute approximate surface area is 121 Å². The Hall–Kier alpha value is -0.920. The minimum absolute atomic E-state index is 0.436. The third-order valence-electron chi connectivity index (χ3n) is 2.69. The first kappa shape index (κ1) is 16.1. The van der Waals surface area contributed by atoms with Crippen LogP contribution in [0.2, 0.25) is 0 Å². The quantitative estimate of drug-likeness (QED) is 0.825. The Morgan fingerprint density at radius 3 is 2.53 bits per heavy atom. The second kappa shape index (κ2) is 6.49. The summed E-state index contributed by atoms with van der Waals surface area (Å²) in [5.41, 5.74) is 0.801. The van der Waals surface area contributed by atoms with Crippen molar-refractivity contribution in [1.29, 1.82) is 0 Å². The van der Waals surface area contributed by atoms with E-state index in [1.165, 1.54) is 6.92 Å². The smallest absolute Gasteiger partial charge is 0.325 e. The zero-order valence-electron chi connectivity index (χ0n) is 10.9. The highest BCUT2D eigenvalue weighted by molar-refractivity contribution is 9.10. The van der Waals surface area contributed by atoms with Gasteiger partial charge >= 0.3 is 5.97 Å². The average molecular weight is 350 g/mol. The van der Waals surface area contributed by atoms with E-state index >= 15 is 0 Å². The van der Waals surface area contributed by atoms with Gasteiger partial charge in [0, 0.05) is 10.5 Å². The van der Waals surface area contributed by atoms with Crippen LogP contribution >= 0.6 is 15.9 Å². The van der Waals surface area contributed by atoms with Gasteiger partial charge in [0.1, 0.15) is 0 Å². The Balaban J connectivity index is 2.87. The van der Waals surface area contributed by atoms with Gasteiger partial charge in [-0.15, -0.1) is 0 Å². The van der Waals surface area contributed by atoms with Crippen LogP contribution in [0.1, 0.15) is 25.5 Å². The van der Waals surface area contributed by atoms with Crippen molar-refractivity contribution in [2.24, 2.45) is 0 Å². The highest BCUT2D eigenvalue weighted by Crippen LogP contribution is 2.19. The standard InChI is InChI=1S/C12H16BrNO4S/c1-8(10-5-4-6-11(13)7-10)14-19(16,17)9(2)12(15)18-3/h4-9,14H,1-3H3. The topological polar surface area (TPSA) is 72.5 Å². The van der Waals surface area contributed by atoms with E-state index in [2.05, 4.69) is 25.4 Å². The Bertz CT molecular complexity index is 559. The van der Waals surface area contributed by atoms with Crippen molar-refractivity contribution >= 4 is 31.9 Å². The van der Waals surface area contributed by atoms with Gasteiger partial charge in [-0.05, 0) is 31.5 Å². The van der Waals surface area contributed by atoms with E-state index in [4.69, 9.17) is 0 Å². The lowest BCUT2D eigenvalue weighted by Gasteiger charge is -2.17. The van der Waals surface area contributed by atoms with Crippen LogP contribution in [0.15, 0.2) is 28.7 Å². The van der Waals surface area contributed by atoms with Crippen LogP contribution in [-0.4, -0.2) is 26.7 Å². The van der Waals surface area contributed by atoms with Gasteiger partial charge in [0.25, 0.3) is 0 Å². The number of ether oxygens (including phenoxy) is 1. The second-order valence-corrected chi connectivity index (χ2v) is 7.05. The summed E-state index contributed by atoms with van der Waals surface area (Å²) in [4.78, 5) is 11.3. The molecule has 106 valence electrons. The van der Waals surface area contributed by atoms with Gasteiger partial charge in [0.15, 0.2) is 5.25 Å². The summed E-state index contributed by atoms with van der Waals surface area (Å²) in [6, 6.07) is 6.85. The molecule has 1 aromatic carbocycles. The summed E-state index contributed by atoms with van der Waals surface area (Å²) in [7, 11) is -2.61. The molecule has 7 heteroatoms. The second-order valence-electron chi connectivity index (χ2n) is 4.10. The Morgan fingerprint density at radius 2 is 2.00 bits per heavy atom. The molecule has 2 unspecified atom stereocenters. The number of carbonyl (C=O) groups excluding carboxylic acids is 1. The van der Waals surface area contributed by atoms with Crippen molar-refractivity contribution in [1.82, 2.24) is 4.72 Å². The molecule has 0 radical (unpaired) electrons. The van der Waals surface area contributed by atoms with E-state index in [1.807, 2.05) is 18.2 Å². The van der Waals surface area contributed by atoms with Crippen molar-refractivity contribution in [3.8, 4) is 0 Å². The summed E-state index contributed by atoms with van der Waals surface area (Å²) in [5, 5.41) is -1.24. The first-order valence-corrected chi connectivity index (χ1v) is 7.96. The SMILES string of the molecule is COC(=O)C(C)S(=O)(=O)NC(C)c1cccc(Br)c1. The summed E-state index contributed by atoms with van der Waals surface area (Å²) in [6.07, 6.45) is 0. The average Bonchev–Trinajstić information content (AvgIpc) is 2.36. The molecule has 0 heterocycles. The van der Waals surface area contributed by atoms with E-state index in [-0.39, 0.29) is 0 Å². The maximum Gasteiger partial charge on any atom is 0.325 e. The maximum atomic E-state index is 12.0. The van der Waals surface area contributed by atoms with Crippen LogP contribution < -0.4 is 4.72 Å². The van der Waals surface area contributed by atoms with E-state index in [0.717, 1.165) is 17.1 Å². The molecule has 0 fully saturated rings. The van der Waals surface area contributed by atoms with Crippen LogP contribution in [0.25, 0.3) is 0 Å². The lowest BCUT2D eigenvalue weighted by molar-refractivity contribution is -0.139. The number of methoxy groups -OCH3 is 1. The van der Waals surface area contributed by atoms with Gasteiger partial charge in [-0.25, -0.2) is 13.1 Å². The number of benzene rings is 1. The first-order valence-electron chi connectivity index (χ1n) is 5.62. The number of nitrogens with one attached hydrogen (secondary N) is 1. The molecule has 0 aromatic heterocycles. The molecular formula is C12H16BrNO4S. The third-order valence-corrected chi connectivity index (χ3v) is 4.99. The number of hydrogen-bond acceptors (Lipinski definition) is 4. The molecule has 1 aromatic rings. The molecule has 0 aliphatic carbocycles. The summed E-state index contributed by atoms with van der Waals surface area (Å²) in [5.74, 6) is -0.783. The van der Waals surface area contributed by atoms with Gasteiger partial charge in [-0.3, -0.25) is 4.79 Å². The number of sulfonamides is 1. The molecule has 1 rings (SSSR count). The predicted molar refractivity (Wildman–Crippen MR) is 76.1 cm³/mol. The molecule has 5 nitrogen and oxygen atoms in total. The van der Waals surface area contributed by atoms with Crippen molar-refractivity contribution in [2.45, 2.75) is 25.1 Å². The van der Waals surface area contributed by atoms with E-state index < -0.39 is 27.3 Å². The highest BCUT2D eigenvalue weighted by atomic mass is 79.9. The minimum atomic E-state index is -3.77. The van der Waals surface area contributed by atoms with Crippen molar-refractivity contribution in [3.63, 3.8) is 0 Å². The number of esters is 1. The van der Waals surface area contributed by atoms with Crippen LogP contribution in [0.4, 0.5) is 0 Å². The van der Waals surface area contributed by atoms with Gasteiger partial charge in [0.05, 0.1) is 7.11 Å². The van der Waals surface area contributed by atoms with Crippen LogP contribution in [0.3, 0.4) is 0 Å². The summed E-state index contributed by atoms with van der Waals surface area (Å²) in [6.45, 7) is 3.01. The zero-order chi connectivity index (χ0) is 14.6. The molecule has 0 saturated carbocycles. The maximum absolute atomic E-state index is 12.0. The largest absolute Gasteiger partial charge is 0.468 e. The van der Waals surface area contributed by atoms with Crippen molar-refractivity contribution in [3.05, 3.63) is 34.3 Å². The van der Waals surface area contributed by atoms with Crippen molar-refractivity contribution in [2.75, 3.05) is 7.11 Å². The van der Waals surface area contributed by atoms with Crippen molar-refractivity contribution < 1.29 is 17.9 Å². The number of halogens is 1. The zero-order valence-corrected chi connectivity index (χ0v) is 13.3. The van der Waals surface area contributed by atoms with E-state index in [1.54, 1.807) is 13.0 Å². The highest BCUT2D eigenvalue weighted by Gasteiger charge is 2.30. The monoisotopic (exact) mass is 349 g/mol. The summed E-state index contributed by atoms with van der Waals surface area (Å²) >= 11 is 3.32. The molecule has 2 atom stereocenters. The Kier molecular flexibility index (Phi) is 5.51. The first-order chi connectivity index (χ1) is 8.77. The van der Waals surface area contributed by atoms with Crippen LogP contribution in [0, 0.1) is 0 Å². The minimum Gasteiger partial charge on any atom is -0.468 e. The predicted octanol–water partition coefficient (Wildman–Crippen LogP) is 1.99. The van der Waals surface area contributed by atoms with Crippen LogP contribution in [-0.2, 0) is 19.6 Å². The number of hydrogen-bond donors (Lipinski definition) is 1. The summed E-state index contributed by atoms with van der Waals surface area (Å²) < 4.78 is 31.7. The van der Waals surface area contributed by atoms with Gasteiger partial charge < -0.3 is 4.74 Å². The number of carbonyl (C=O) groups is 1. The molecule has 0 amide bonds. The molecule has 0 bridgehead atoms. The third kappa shape index (κ3) is 4.29. The molecule has 0 aliphatic rings. The molecule has 1 N–H and O–H groups in total. The molecule has 0 saturated heterocycles. The van der Waals surface area contributed by atoms with Gasteiger partial charge in [0.2, 0.25) is 10.0 Å². The fraction of sp³-hybridized carbons (Fsp3) is 0.417. The van der Waals surface area contributed by atoms with E-state index in [9.17, 15) is 13.2 Å². The molecule has 19 heavy (non-hydrogen) atoms. The lowest BCUT2D eigenvalue weighted by Crippen LogP contribution is -2.39. The molecular weight excluding hydrogens is 334 g/mol. The van der Waals surface area contributed by atoms with Gasteiger partial charge in [-0.2, -0.15) is 0 Å². The normalized spacial score (nSPS) is 14.7. The Morgan fingerprint density at radius 1 is 1.37 bits per heavy atom. The fourth-order valence-electron chi connectivity index (χ4n) is 1.49. The molecule has 0 aliphatic heterocycles. The van der Waals surface area contributed by atoms with Crippen LogP contribution in [0.5, 0.6) is 0 Å². The number of rotatable bonds is 5. The molecule has 0 spiro atoms. The lowest BCUT2D eigenvalue weighted by atomic mass is 10.1. The van der Waals surface area contributed by atoms with Gasteiger partial charge in [-0.1, -0.05) is 28.1 Å².